The van der Waals surface area contributed by atoms with Crippen LogP contribution in [0.1, 0.15) is 41.5 Å². The lowest BCUT2D eigenvalue weighted by Crippen LogP contribution is -2.30. The van der Waals surface area contributed by atoms with Crippen LogP contribution < -0.4 is 9.46 Å². The van der Waals surface area contributed by atoms with Gasteiger partial charge in [0.05, 0.1) is 12.0 Å². The molecule has 28 heavy (non-hydrogen) atoms. The molecule has 1 fully saturated rings. The molecule has 0 spiro atoms. The summed E-state index contributed by atoms with van der Waals surface area (Å²) in [6.07, 6.45) is 3.79. The van der Waals surface area contributed by atoms with E-state index in [4.69, 9.17) is 4.74 Å². The molecule has 1 N–H and O–H groups in total. The second-order valence-electron chi connectivity index (χ2n) is 7.52. The summed E-state index contributed by atoms with van der Waals surface area (Å²) in [5, 5.41) is 0. The van der Waals surface area contributed by atoms with Crippen molar-refractivity contribution in [3.63, 3.8) is 0 Å². The maximum absolute atomic E-state index is 13.0. The van der Waals surface area contributed by atoms with Crippen molar-refractivity contribution in [2.24, 2.45) is 0 Å². The zero-order chi connectivity index (χ0) is 20.1. The van der Waals surface area contributed by atoms with Crippen molar-refractivity contribution in [3.05, 3.63) is 58.7 Å². The highest BCUT2D eigenvalue weighted by molar-refractivity contribution is 7.89. The molecule has 1 saturated heterocycles. The van der Waals surface area contributed by atoms with Crippen LogP contribution in [0, 0.1) is 13.8 Å². The summed E-state index contributed by atoms with van der Waals surface area (Å²) in [6, 6.07) is 11.6. The minimum Gasteiger partial charge on any atom is -0.497 e. The molecule has 5 nitrogen and oxygen atoms in total. The molecular formula is C22H30N2O3S. The first-order chi connectivity index (χ1) is 13.4. The Morgan fingerprint density at radius 3 is 2.21 bits per heavy atom. The Morgan fingerprint density at radius 2 is 1.61 bits per heavy atom. The van der Waals surface area contributed by atoms with Crippen molar-refractivity contribution in [2.75, 3.05) is 20.2 Å². The highest BCUT2D eigenvalue weighted by Gasteiger charge is 2.21. The average Bonchev–Trinajstić information content (AvgIpc) is 2.67. The summed E-state index contributed by atoms with van der Waals surface area (Å²) in [6.45, 7) is 6.99. The molecule has 0 saturated carbocycles. The second-order valence-corrected chi connectivity index (χ2v) is 9.22. The van der Waals surface area contributed by atoms with E-state index >= 15 is 0 Å². The number of hydrogen-bond acceptors (Lipinski definition) is 4. The van der Waals surface area contributed by atoms with Crippen LogP contribution in [0.15, 0.2) is 41.3 Å². The maximum atomic E-state index is 13.0. The van der Waals surface area contributed by atoms with Crippen LogP contribution in [0.5, 0.6) is 5.75 Å². The molecule has 0 aromatic heterocycles. The summed E-state index contributed by atoms with van der Waals surface area (Å²) in [4.78, 5) is 2.79. The Morgan fingerprint density at radius 1 is 1.00 bits per heavy atom. The van der Waals surface area contributed by atoms with E-state index in [1.165, 1.54) is 24.8 Å². The van der Waals surface area contributed by atoms with Gasteiger partial charge in [-0.2, -0.15) is 0 Å². The summed E-state index contributed by atoms with van der Waals surface area (Å²) in [5.74, 6) is 0.667. The first-order valence-corrected chi connectivity index (χ1v) is 11.3. The zero-order valence-corrected chi connectivity index (χ0v) is 17.8. The maximum Gasteiger partial charge on any atom is 0.241 e. The molecule has 0 bridgehead atoms. The third-order valence-corrected chi connectivity index (χ3v) is 7.06. The predicted octanol–water partition coefficient (Wildman–Crippen LogP) is 3.78. The van der Waals surface area contributed by atoms with Gasteiger partial charge in [0, 0.05) is 13.1 Å². The Labute approximate surface area is 168 Å². The molecule has 1 heterocycles. The Kier molecular flexibility index (Phi) is 6.75. The van der Waals surface area contributed by atoms with E-state index in [1.807, 2.05) is 18.2 Å². The van der Waals surface area contributed by atoms with Crippen molar-refractivity contribution < 1.29 is 13.2 Å². The molecule has 2 aromatic rings. The van der Waals surface area contributed by atoms with Crippen LogP contribution in [0.3, 0.4) is 0 Å². The van der Waals surface area contributed by atoms with Gasteiger partial charge in [-0.1, -0.05) is 30.7 Å². The fourth-order valence-corrected chi connectivity index (χ4v) is 5.40. The van der Waals surface area contributed by atoms with Gasteiger partial charge in [-0.05, 0) is 74.2 Å². The Hall–Kier alpha value is -1.89. The van der Waals surface area contributed by atoms with Crippen LogP contribution in [-0.4, -0.2) is 33.5 Å². The van der Waals surface area contributed by atoms with Gasteiger partial charge in [0.1, 0.15) is 5.75 Å². The van der Waals surface area contributed by atoms with E-state index < -0.39 is 10.0 Å². The average molecular weight is 403 g/mol. The fraction of sp³-hybridized carbons (Fsp3) is 0.455. The first kappa shape index (κ1) is 20.8. The van der Waals surface area contributed by atoms with Crippen LogP contribution in [0.25, 0.3) is 0 Å². The van der Waals surface area contributed by atoms with Crippen LogP contribution in [-0.2, 0) is 23.1 Å². The van der Waals surface area contributed by atoms with Crippen LogP contribution >= 0.6 is 0 Å². The quantitative estimate of drug-likeness (QED) is 0.766. The smallest absolute Gasteiger partial charge is 0.241 e. The SMILES string of the molecule is COc1cc(C)c(S(=O)(=O)NCc2ccccc2CN2CCCCC2)c(C)c1. The van der Waals surface area contributed by atoms with Gasteiger partial charge in [0.2, 0.25) is 10.0 Å². The normalized spacial score (nSPS) is 15.5. The van der Waals surface area contributed by atoms with Crippen molar-refractivity contribution in [2.45, 2.75) is 51.1 Å². The summed E-state index contributed by atoms with van der Waals surface area (Å²) >= 11 is 0. The van der Waals surface area contributed by atoms with Gasteiger partial charge in [0.15, 0.2) is 0 Å². The van der Waals surface area contributed by atoms with Crippen molar-refractivity contribution >= 4 is 10.0 Å². The van der Waals surface area contributed by atoms with Crippen molar-refractivity contribution in [1.82, 2.24) is 9.62 Å². The monoisotopic (exact) mass is 402 g/mol. The largest absolute Gasteiger partial charge is 0.497 e. The van der Waals surface area contributed by atoms with Gasteiger partial charge >= 0.3 is 0 Å². The highest BCUT2D eigenvalue weighted by atomic mass is 32.2. The van der Waals surface area contributed by atoms with Gasteiger partial charge in [-0.3, -0.25) is 4.90 Å². The molecule has 0 aliphatic carbocycles. The Bertz CT molecular complexity index is 896. The number of likely N-dealkylation sites (tertiary alicyclic amines) is 1. The van der Waals surface area contributed by atoms with Gasteiger partial charge < -0.3 is 4.74 Å². The van der Waals surface area contributed by atoms with E-state index in [0.29, 0.717) is 21.8 Å². The number of benzene rings is 2. The van der Waals surface area contributed by atoms with Crippen LogP contribution in [0.2, 0.25) is 0 Å². The fourth-order valence-electron chi connectivity index (χ4n) is 3.94. The zero-order valence-electron chi connectivity index (χ0n) is 17.0. The molecule has 2 aromatic carbocycles. The molecule has 0 radical (unpaired) electrons. The third-order valence-electron chi connectivity index (χ3n) is 5.35. The minimum atomic E-state index is -3.61. The van der Waals surface area contributed by atoms with Gasteiger partial charge in [-0.15, -0.1) is 0 Å². The van der Waals surface area contributed by atoms with E-state index in [1.54, 1.807) is 33.1 Å². The lowest BCUT2D eigenvalue weighted by atomic mass is 10.1. The van der Waals surface area contributed by atoms with Crippen LogP contribution in [0.4, 0.5) is 0 Å². The minimum absolute atomic E-state index is 0.289. The molecule has 6 heteroatoms. The molecule has 1 aliphatic heterocycles. The second kappa shape index (κ2) is 9.07. The predicted molar refractivity (Wildman–Crippen MR) is 112 cm³/mol. The molecule has 0 amide bonds. The van der Waals surface area contributed by atoms with Crippen molar-refractivity contribution in [1.29, 1.82) is 0 Å². The lowest BCUT2D eigenvalue weighted by Gasteiger charge is -2.27. The number of nitrogens with one attached hydrogen (secondary N) is 1. The number of methoxy groups -OCH3 is 1. The summed E-state index contributed by atoms with van der Waals surface area (Å²) in [5.41, 5.74) is 3.59. The topological polar surface area (TPSA) is 58.6 Å². The molecule has 1 aliphatic rings. The molecule has 152 valence electrons. The number of nitrogens with zero attached hydrogens (tertiary/aromatic N) is 1. The number of rotatable bonds is 7. The van der Waals surface area contributed by atoms with E-state index in [9.17, 15) is 8.42 Å². The highest BCUT2D eigenvalue weighted by Crippen LogP contribution is 2.26. The van der Waals surface area contributed by atoms with E-state index in [0.717, 1.165) is 25.2 Å². The Balaban J connectivity index is 1.77. The molecule has 3 rings (SSSR count). The van der Waals surface area contributed by atoms with Gasteiger partial charge in [-0.25, -0.2) is 13.1 Å². The molecule has 0 unspecified atom stereocenters. The van der Waals surface area contributed by atoms with E-state index in [-0.39, 0.29) is 6.54 Å². The number of sulfonamides is 1. The number of ether oxygens (including phenoxy) is 1. The lowest BCUT2D eigenvalue weighted by molar-refractivity contribution is 0.220. The first-order valence-electron chi connectivity index (χ1n) is 9.85. The number of aryl methyl sites for hydroxylation is 2. The summed E-state index contributed by atoms with van der Waals surface area (Å²) < 4.78 is 34.0. The van der Waals surface area contributed by atoms with Crippen molar-refractivity contribution in [3.8, 4) is 5.75 Å². The molecular weight excluding hydrogens is 372 g/mol. The van der Waals surface area contributed by atoms with E-state index in [2.05, 4.69) is 15.7 Å². The molecule has 0 atom stereocenters. The van der Waals surface area contributed by atoms with Gasteiger partial charge in [0.25, 0.3) is 0 Å². The summed E-state index contributed by atoms with van der Waals surface area (Å²) in [7, 11) is -2.03. The number of hydrogen-bond donors (Lipinski definition) is 1. The third kappa shape index (κ3) is 4.93. The standard InChI is InChI=1S/C22H30N2O3S/c1-17-13-21(27-3)14-18(2)22(17)28(25,26)23-15-19-9-5-6-10-20(19)16-24-11-7-4-8-12-24/h5-6,9-10,13-14,23H,4,7-8,11-12,15-16H2,1-3H3. The number of piperidine rings is 1.